The van der Waals surface area contributed by atoms with Gasteiger partial charge in [-0.3, -0.25) is 0 Å². The monoisotopic (exact) mass is 466 g/mol. The van der Waals surface area contributed by atoms with E-state index < -0.39 is 62.8 Å². The standard InChI is InChI=1S/C25H13F3O6/c26-14-9-11(10-15(27)21(14)28)18(19-22(29)12-5-1-3-7-16(12)33-24(19)31)20-23(30)13-6-2-4-8-17(13)34-25(20)32/h1-10,18,29-30H. The Morgan fingerprint density at radius 1 is 0.676 bits per heavy atom. The van der Waals surface area contributed by atoms with Gasteiger partial charge in [0.15, 0.2) is 17.5 Å². The number of benzene rings is 3. The lowest BCUT2D eigenvalue weighted by Crippen LogP contribution is -2.21. The van der Waals surface area contributed by atoms with Crippen LogP contribution in [-0.4, -0.2) is 10.2 Å². The van der Waals surface area contributed by atoms with Gasteiger partial charge in [-0.15, -0.1) is 0 Å². The van der Waals surface area contributed by atoms with Crippen molar-refractivity contribution in [2.75, 3.05) is 0 Å². The first-order valence-corrected chi connectivity index (χ1v) is 9.91. The van der Waals surface area contributed by atoms with Gasteiger partial charge >= 0.3 is 11.3 Å². The highest BCUT2D eigenvalue weighted by Crippen LogP contribution is 2.42. The van der Waals surface area contributed by atoms with Crippen LogP contribution in [0.15, 0.2) is 79.1 Å². The molecule has 0 saturated heterocycles. The van der Waals surface area contributed by atoms with Gasteiger partial charge in [0.05, 0.1) is 27.8 Å². The van der Waals surface area contributed by atoms with Gasteiger partial charge in [-0.2, -0.15) is 0 Å². The average Bonchev–Trinajstić information content (AvgIpc) is 2.81. The summed E-state index contributed by atoms with van der Waals surface area (Å²) >= 11 is 0. The van der Waals surface area contributed by atoms with Gasteiger partial charge in [0.25, 0.3) is 0 Å². The summed E-state index contributed by atoms with van der Waals surface area (Å²) < 4.78 is 52.6. The van der Waals surface area contributed by atoms with E-state index in [1.807, 2.05) is 0 Å². The summed E-state index contributed by atoms with van der Waals surface area (Å²) in [5, 5.41) is 22.1. The van der Waals surface area contributed by atoms with Crippen LogP contribution >= 0.6 is 0 Å². The first-order chi connectivity index (χ1) is 16.3. The van der Waals surface area contributed by atoms with Crippen molar-refractivity contribution >= 4 is 21.9 Å². The zero-order chi connectivity index (χ0) is 24.1. The van der Waals surface area contributed by atoms with Crippen molar-refractivity contribution in [3.63, 3.8) is 0 Å². The predicted molar refractivity (Wildman–Crippen MR) is 116 cm³/mol. The first-order valence-electron chi connectivity index (χ1n) is 9.91. The molecule has 0 aliphatic rings. The molecular formula is C25H13F3O6. The Balaban J connectivity index is 1.94. The largest absolute Gasteiger partial charge is 0.507 e. The molecule has 3 aromatic carbocycles. The smallest absolute Gasteiger partial charge is 0.344 e. The van der Waals surface area contributed by atoms with Crippen molar-refractivity contribution in [2.45, 2.75) is 5.92 Å². The van der Waals surface area contributed by atoms with Crippen LogP contribution in [0, 0.1) is 17.5 Å². The van der Waals surface area contributed by atoms with E-state index in [1.54, 1.807) is 24.3 Å². The van der Waals surface area contributed by atoms with E-state index in [9.17, 15) is 33.0 Å². The van der Waals surface area contributed by atoms with Crippen LogP contribution in [0.4, 0.5) is 13.2 Å². The Kier molecular flexibility index (Phi) is 4.89. The van der Waals surface area contributed by atoms with Crippen LogP contribution in [0.1, 0.15) is 22.6 Å². The summed E-state index contributed by atoms with van der Waals surface area (Å²) in [6.07, 6.45) is 0. The maximum atomic E-state index is 14.2. The van der Waals surface area contributed by atoms with Crippen LogP contribution in [0.2, 0.25) is 0 Å². The van der Waals surface area contributed by atoms with E-state index in [-0.39, 0.29) is 21.9 Å². The Morgan fingerprint density at radius 3 is 1.53 bits per heavy atom. The third kappa shape index (κ3) is 3.21. The molecule has 9 heteroatoms. The minimum absolute atomic E-state index is 0.0127. The van der Waals surface area contributed by atoms with Gasteiger partial charge in [0.2, 0.25) is 0 Å². The second kappa shape index (κ2) is 7.80. The van der Waals surface area contributed by atoms with Gasteiger partial charge < -0.3 is 19.0 Å². The number of halogens is 3. The fourth-order valence-corrected chi connectivity index (χ4v) is 4.02. The number of aromatic hydroxyl groups is 2. The van der Waals surface area contributed by atoms with E-state index >= 15 is 0 Å². The van der Waals surface area contributed by atoms with E-state index in [2.05, 4.69) is 0 Å². The zero-order valence-corrected chi connectivity index (χ0v) is 17.0. The van der Waals surface area contributed by atoms with Crippen molar-refractivity contribution in [3.05, 3.63) is 116 Å². The molecule has 34 heavy (non-hydrogen) atoms. The normalized spacial score (nSPS) is 11.5. The molecule has 0 saturated carbocycles. The number of fused-ring (bicyclic) bond motifs is 2. The SMILES string of the molecule is O=c1oc2ccccc2c(O)c1C(c1cc(F)c(F)c(F)c1)c1c(O)c2ccccc2oc1=O. The van der Waals surface area contributed by atoms with E-state index in [0.717, 1.165) is 0 Å². The lowest BCUT2D eigenvalue weighted by Gasteiger charge is -2.20. The lowest BCUT2D eigenvalue weighted by atomic mass is 9.84. The summed E-state index contributed by atoms with van der Waals surface area (Å²) in [7, 11) is 0. The third-order valence-electron chi connectivity index (χ3n) is 5.56. The molecule has 0 bridgehead atoms. The average molecular weight is 466 g/mol. The highest BCUT2D eigenvalue weighted by atomic mass is 19.2. The minimum atomic E-state index is -1.77. The minimum Gasteiger partial charge on any atom is -0.507 e. The van der Waals surface area contributed by atoms with Crippen LogP contribution in [0.5, 0.6) is 11.5 Å². The van der Waals surface area contributed by atoms with Crippen molar-refractivity contribution in [1.82, 2.24) is 0 Å². The molecule has 0 fully saturated rings. The van der Waals surface area contributed by atoms with Crippen LogP contribution in [-0.2, 0) is 0 Å². The fraction of sp³-hybridized carbons (Fsp3) is 0.0400. The molecule has 0 unspecified atom stereocenters. The fourth-order valence-electron chi connectivity index (χ4n) is 4.02. The maximum absolute atomic E-state index is 14.2. The molecule has 2 heterocycles. The molecular weight excluding hydrogens is 453 g/mol. The number of para-hydroxylation sites is 2. The molecule has 0 spiro atoms. The Hall–Kier alpha value is -4.53. The van der Waals surface area contributed by atoms with Crippen LogP contribution < -0.4 is 11.3 Å². The Labute approximate surface area is 187 Å². The summed E-state index contributed by atoms with van der Waals surface area (Å²) in [4.78, 5) is 25.9. The topological polar surface area (TPSA) is 101 Å². The second-order valence-corrected chi connectivity index (χ2v) is 7.53. The van der Waals surface area contributed by atoms with E-state index in [4.69, 9.17) is 8.83 Å². The number of hydrogen-bond donors (Lipinski definition) is 2. The number of hydrogen-bond acceptors (Lipinski definition) is 6. The molecule has 5 aromatic rings. The van der Waals surface area contributed by atoms with Gasteiger partial charge in [-0.1, -0.05) is 24.3 Å². The summed E-state index contributed by atoms with van der Waals surface area (Å²) in [6.45, 7) is 0. The lowest BCUT2D eigenvalue weighted by molar-refractivity contribution is 0.434. The highest BCUT2D eigenvalue weighted by Gasteiger charge is 2.33. The summed E-state index contributed by atoms with van der Waals surface area (Å²) in [6, 6.07) is 13.0. The van der Waals surface area contributed by atoms with E-state index in [1.165, 1.54) is 24.3 Å². The second-order valence-electron chi connectivity index (χ2n) is 7.53. The van der Waals surface area contributed by atoms with Crippen molar-refractivity contribution in [3.8, 4) is 11.5 Å². The van der Waals surface area contributed by atoms with Gasteiger partial charge in [0, 0.05) is 0 Å². The molecule has 5 rings (SSSR count). The van der Waals surface area contributed by atoms with Crippen LogP contribution in [0.3, 0.4) is 0 Å². The summed E-state index contributed by atoms with van der Waals surface area (Å²) in [5.41, 5.74) is -3.88. The predicted octanol–water partition coefficient (Wildman–Crippen LogP) is 4.91. The number of rotatable bonds is 3. The molecule has 0 amide bonds. The Morgan fingerprint density at radius 2 is 1.09 bits per heavy atom. The van der Waals surface area contributed by atoms with Gasteiger partial charge in [0.1, 0.15) is 22.7 Å². The molecule has 2 N–H and O–H groups in total. The zero-order valence-electron chi connectivity index (χ0n) is 17.0. The van der Waals surface area contributed by atoms with Gasteiger partial charge in [-0.25, -0.2) is 22.8 Å². The van der Waals surface area contributed by atoms with Crippen molar-refractivity contribution in [1.29, 1.82) is 0 Å². The first kappa shape index (κ1) is 21.3. The van der Waals surface area contributed by atoms with Crippen LogP contribution in [0.25, 0.3) is 21.9 Å². The molecule has 170 valence electrons. The van der Waals surface area contributed by atoms with E-state index in [0.29, 0.717) is 12.1 Å². The third-order valence-corrected chi connectivity index (χ3v) is 5.56. The quantitative estimate of drug-likeness (QED) is 0.290. The maximum Gasteiger partial charge on any atom is 0.344 e. The molecule has 2 aromatic heterocycles. The van der Waals surface area contributed by atoms with Crippen molar-refractivity contribution in [2.24, 2.45) is 0 Å². The van der Waals surface area contributed by atoms with Gasteiger partial charge in [-0.05, 0) is 42.0 Å². The molecule has 0 aliphatic carbocycles. The van der Waals surface area contributed by atoms with Crippen molar-refractivity contribution < 1.29 is 32.2 Å². The molecule has 0 atom stereocenters. The highest BCUT2D eigenvalue weighted by molar-refractivity contribution is 5.86. The summed E-state index contributed by atoms with van der Waals surface area (Å²) in [5.74, 6) is -8.04. The molecule has 0 radical (unpaired) electrons. The molecule has 0 aliphatic heterocycles. The Bertz CT molecular complexity index is 1600. The molecule has 6 nitrogen and oxygen atoms in total.